The summed E-state index contributed by atoms with van der Waals surface area (Å²) < 4.78 is 0. The van der Waals surface area contributed by atoms with Gasteiger partial charge in [0.25, 0.3) is 0 Å². The third kappa shape index (κ3) is 2.93. The summed E-state index contributed by atoms with van der Waals surface area (Å²) in [5.41, 5.74) is 6.60. The number of nitrogens with two attached hydrogens (primary N) is 1. The number of piperidine rings is 1. The lowest BCUT2D eigenvalue weighted by Gasteiger charge is -2.40. The van der Waals surface area contributed by atoms with E-state index in [-0.39, 0.29) is 0 Å². The molecule has 1 aliphatic carbocycles. The smallest absolute Gasteiger partial charge is 0.191 e. The van der Waals surface area contributed by atoms with Crippen LogP contribution in [0, 0.1) is 11.3 Å². The van der Waals surface area contributed by atoms with E-state index in [1.54, 1.807) is 0 Å². The molecule has 0 bridgehead atoms. The van der Waals surface area contributed by atoms with Gasteiger partial charge in [-0.25, -0.2) is 0 Å². The summed E-state index contributed by atoms with van der Waals surface area (Å²) in [7, 11) is 0. The Hall–Kier alpha value is -0.730. The van der Waals surface area contributed by atoms with Crippen molar-refractivity contribution in [2.75, 3.05) is 19.6 Å². The zero-order valence-corrected chi connectivity index (χ0v) is 11.4. The second-order valence-corrected chi connectivity index (χ2v) is 6.05. The third-order valence-electron chi connectivity index (χ3n) is 4.85. The number of nitrogens with zero attached hydrogens (tertiary/aromatic N) is 2. The summed E-state index contributed by atoms with van der Waals surface area (Å²) in [6.07, 6.45) is 7.84. The van der Waals surface area contributed by atoms with Gasteiger partial charge in [0.2, 0.25) is 0 Å². The van der Waals surface area contributed by atoms with Gasteiger partial charge in [-0.2, -0.15) is 0 Å². The van der Waals surface area contributed by atoms with Crippen LogP contribution in [-0.4, -0.2) is 30.5 Å². The summed E-state index contributed by atoms with van der Waals surface area (Å²) in [6, 6.07) is 0. The maximum Gasteiger partial charge on any atom is 0.191 e. The monoisotopic (exact) mass is 237 g/mol. The van der Waals surface area contributed by atoms with E-state index >= 15 is 0 Å². The molecule has 0 radical (unpaired) electrons. The minimum Gasteiger partial charge on any atom is -0.370 e. The Morgan fingerprint density at radius 2 is 2.00 bits per heavy atom. The Morgan fingerprint density at radius 3 is 2.47 bits per heavy atom. The normalized spacial score (nSPS) is 25.8. The molecule has 0 atom stereocenters. The van der Waals surface area contributed by atoms with Gasteiger partial charge in [-0.15, -0.1) is 0 Å². The third-order valence-corrected chi connectivity index (χ3v) is 4.85. The minimum atomic E-state index is 0.494. The SMILES string of the molecule is CCC1(CN=C(N)N2CCC(C)CC2)CCC1. The zero-order chi connectivity index (χ0) is 12.3. The van der Waals surface area contributed by atoms with Gasteiger partial charge >= 0.3 is 0 Å². The number of hydrogen-bond acceptors (Lipinski definition) is 1. The minimum absolute atomic E-state index is 0.494. The van der Waals surface area contributed by atoms with Crippen LogP contribution < -0.4 is 5.73 Å². The van der Waals surface area contributed by atoms with E-state index in [1.165, 1.54) is 38.5 Å². The molecule has 2 rings (SSSR count). The molecule has 0 aromatic rings. The van der Waals surface area contributed by atoms with Crippen molar-refractivity contribution in [3.63, 3.8) is 0 Å². The van der Waals surface area contributed by atoms with Crippen LogP contribution in [0.2, 0.25) is 0 Å². The van der Waals surface area contributed by atoms with Crippen molar-refractivity contribution in [2.45, 2.75) is 52.4 Å². The van der Waals surface area contributed by atoms with Crippen molar-refractivity contribution in [1.29, 1.82) is 0 Å². The van der Waals surface area contributed by atoms with Gasteiger partial charge in [0, 0.05) is 19.6 Å². The van der Waals surface area contributed by atoms with Crippen LogP contribution in [0.15, 0.2) is 4.99 Å². The molecule has 3 nitrogen and oxygen atoms in total. The molecular formula is C14H27N3. The van der Waals surface area contributed by atoms with E-state index in [9.17, 15) is 0 Å². The van der Waals surface area contributed by atoms with Crippen molar-refractivity contribution in [3.05, 3.63) is 0 Å². The molecule has 2 fully saturated rings. The molecule has 0 aromatic carbocycles. The summed E-state index contributed by atoms with van der Waals surface area (Å²) in [5.74, 6) is 1.64. The molecule has 17 heavy (non-hydrogen) atoms. The molecule has 2 N–H and O–H groups in total. The van der Waals surface area contributed by atoms with E-state index in [0.29, 0.717) is 5.41 Å². The highest BCUT2D eigenvalue weighted by Crippen LogP contribution is 2.43. The first kappa shape index (κ1) is 12.7. The average molecular weight is 237 g/mol. The molecule has 98 valence electrons. The standard InChI is InChI=1S/C14H27N3/c1-3-14(7-4-8-14)11-16-13(15)17-9-5-12(2)6-10-17/h12H,3-11H2,1-2H3,(H2,15,16). The van der Waals surface area contributed by atoms with Crippen molar-refractivity contribution in [3.8, 4) is 0 Å². The van der Waals surface area contributed by atoms with Gasteiger partial charge in [-0.3, -0.25) is 4.99 Å². The van der Waals surface area contributed by atoms with E-state index in [1.807, 2.05) is 0 Å². The highest BCUT2D eigenvalue weighted by atomic mass is 15.3. The molecule has 0 spiro atoms. The molecule has 1 aliphatic heterocycles. The summed E-state index contributed by atoms with van der Waals surface area (Å²) >= 11 is 0. The largest absolute Gasteiger partial charge is 0.370 e. The Kier molecular flexibility index (Phi) is 3.95. The van der Waals surface area contributed by atoms with Crippen LogP contribution in [0.3, 0.4) is 0 Å². The molecule has 1 saturated carbocycles. The van der Waals surface area contributed by atoms with Crippen molar-refractivity contribution in [2.24, 2.45) is 22.1 Å². The Morgan fingerprint density at radius 1 is 1.35 bits per heavy atom. The molecule has 0 amide bonds. The van der Waals surface area contributed by atoms with Crippen LogP contribution in [0.25, 0.3) is 0 Å². The second kappa shape index (κ2) is 5.28. The fourth-order valence-corrected chi connectivity index (χ4v) is 2.89. The summed E-state index contributed by atoms with van der Waals surface area (Å²) in [4.78, 5) is 6.92. The lowest BCUT2D eigenvalue weighted by molar-refractivity contribution is 0.138. The van der Waals surface area contributed by atoms with Crippen molar-refractivity contribution < 1.29 is 0 Å². The molecule has 0 unspecified atom stereocenters. The highest BCUT2D eigenvalue weighted by molar-refractivity contribution is 5.78. The highest BCUT2D eigenvalue weighted by Gasteiger charge is 2.34. The predicted molar refractivity (Wildman–Crippen MR) is 73.0 cm³/mol. The number of aliphatic imine (C=N–C) groups is 1. The van der Waals surface area contributed by atoms with E-state index < -0.39 is 0 Å². The number of guanidine groups is 1. The fraction of sp³-hybridized carbons (Fsp3) is 0.929. The first-order chi connectivity index (χ1) is 8.15. The molecular weight excluding hydrogens is 210 g/mol. The van der Waals surface area contributed by atoms with Gasteiger partial charge in [0.1, 0.15) is 0 Å². The van der Waals surface area contributed by atoms with Crippen LogP contribution >= 0.6 is 0 Å². The number of rotatable bonds is 3. The molecule has 1 saturated heterocycles. The summed E-state index contributed by atoms with van der Waals surface area (Å²) in [6.45, 7) is 7.74. The Balaban J connectivity index is 1.84. The predicted octanol–water partition coefficient (Wildman–Crippen LogP) is 2.61. The van der Waals surface area contributed by atoms with Crippen LogP contribution in [-0.2, 0) is 0 Å². The quantitative estimate of drug-likeness (QED) is 0.605. The lowest BCUT2D eigenvalue weighted by Crippen LogP contribution is -2.43. The molecule has 0 aromatic heterocycles. The van der Waals surface area contributed by atoms with E-state index in [0.717, 1.165) is 31.5 Å². The lowest BCUT2D eigenvalue weighted by atomic mass is 9.67. The molecule has 1 heterocycles. The fourth-order valence-electron chi connectivity index (χ4n) is 2.89. The van der Waals surface area contributed by atoms with Crippen molar-refractivity contribution >= 4 is 5.96 Å². The maximum absolute atomic E-state index is 6.11. The van der Waals surface area contributed by atoms with Crippen molar-refractivity contribution in [1.82, 2.24) is 4.90 Å². The Labute approximate surface area is 105 Å². The van der Waals surface area contributed by atoms with Gasteiger partial charge in [-0.05, 0) is 43.4 Å². The van der Waals surface area contributed by atoms with Crippen LogP contribution in [0.4, 0.5) is 0 Å². The van der Waals surface area contributed by atoms with Gasteiger partial charge < -0.3 is 10.6 Å². The van der Waals surface area contributed by atoms with E-state index in [2.05, 4.69) is 23.7 Å². The Bertz CT molecular complexity index is 268. The number of hydrogen-bond donors (Lipinski definition) is 1. The van der Waals surface area contributed by atoms with Crippen LogP contribution in [0.5, 0.6) is 0 Å². The second-order valence-electron chi connectivity index (χ2n) is 6.05. The number of likely N-dealkylation sites (tertiary alicyclic amines) is 1. The molecule has 3 heteroatoms. The van der Waals surface area contributed by atoms with Crippen LogP contribution in [0.1, 0.15) is 52.4 Å². The first-order valence-corrected chi connectivity index (χ1v) is 7.20. The maximum atomic E-state index is 6.11. The zero-order valence-electron chi connectivity index (χ0n) is 11.4. The summed E-state index contributed by atoms with van der Waals surface area (Å²) in [5, 5.41) is 0. The topological polar surface area (TPSA) is 41.6 Å². The van der Waals surface area contributed by atoms with Gasteiger partial charge in [0.15, 0.2) is 5.96 Å². The first-order valence-electron chi connectivity index (χ1n) is 7.20. The average Bonchev–Trinajstić information content (AvgIpc) is 2.29. The van der Waals surface area contributed by atoms with E-state index in [4.69, 9.17) is 5.73 Å². The molecule has 2 aliphatic rings. The van der Waals surface area contributed by atoms with Gasteiger partial charge in [-0.1, -0.05) is 20.3 Å². The van der Waals surface area contributed by atoms with Gasteiger partial charge in [0.05, 0.1) is 0 Å².